The number of carbonyl (C=O) groups excluding carboxylic acids is 2. The van der Waals surface area contributed by atoms with Gasteiger partial charge in [-0.1, -0.05) is 37.3 Å². The number of hydrogen-bond acceptors (Lipinski definition) is 6. The minimum absolute atomic E-state index is 0.0432. The van der Waals surface area contributed by atoms with Gasteiger partial charge in [-0.15, -0.1) is 0 Å². The van der Waals surface area contributed by atoms with E-state index in [2.05, 4.69) is 6.07 Å². The summed E-state index contributed by atoms with van der Waals surface area (Å²) in [5.74, 6) is -1.08. The number of ether oxygens (including phenoxy) is 1. The standard InChI is InChI=1S/C21H25N5O3/c1-12-16(18(27)29-20(3,4)5)13(2)26-21(12,14-9-7-6-8-10-14)15(11-22)17(23)25(26)19(24)28/h6-10,12H,23H2,1-5H3,(H2,24,28). The van der Waals surface area contributed by atoms with Crippen LogP contribution in [0.5, 0.6) is 0 Å². The van der Waals surface area contributed by atoms with Crippen molar-refractivity contribution in [1.82, 2.24) is 10.0 Å². The lowest BCUT2D eigenvalue weighted by molar-refractivity contribution is -0.150. The monoisotopic (exact) mass is 395 g/mol. The molecule has 8 heteroatoms. The normalized spacial score (nSPS) is 23.9. The fraction of sp³-hybridized carbons (Fsp3) is 0.381. The third kappa shape index (κ3) is 2.73. The number of benzene rings is 1. The average Bonchev–Trinajstić information content (AvgIpc) is 3.01. The van der Waals surface area contributed by atoms with Gasteiger partial charge in [0.15, 0.2) is 0 Å². The van der Waals surface area contributed by atoms with E-state index >= 15 is 0 Å². The van der Waals surface area contributed by atoms with Gasteiger partial charge in [0.05, 0.1) is 5.57 Å². The molecule has 2 atom stereocenters. The van der Waals surface area contributed by atoms with Gasteiger partial charge in [-0.3, -0.25) is 5.01 Å². The predicted octanol–water partition coefficient (Wildman–Crippen LogP) is 2.45. The van der Waals surface area contributed by atoms with Gasteiger partial charge in [-0.05, 0) is 33.3 Å². The SMILES string of the molecule is CC1=C(C(=O)OC(C)(C)C)C(C)C2(c3ccccc3)C(C#N)=C(N)N(C(N)=O)N12. The summed E-state index contributed by atoms with van der Waals surface area (Å²) in [4.78, 5) is 25.4. The fourth-order valence-electron chi connectivity index (χ4n) is 4.35. The molecule has 0 aromatic heterocycles. The van der Waals surface area contributed by atoms with Gasteiger partial charge >= 0.3 is 12.0 Å². The molecule has 2 heterocycles. The largest absolute Gasteiger partial charge is 0.457 e. The highest BCUT2D eigenvalue weighted by Gasteiger charge is 2.63. The number of fused-ring (bicyclic) bond motifs is 1. The number of rotatable bonds is 2. The zero-order chi connectivity index (χ0) is 21.7. The highest BCUT2D eigenvalue weighted by Crippen LogP contribution is 2.57. The topological polar surface area (TPSA) is 126 Å². The third-order valence-electron chi connectivity index (χ3n) is 5.32. The van der Waals surface area contributed by atoms with E-state index in [0.717, 1.165) is 5.01 Å². The van der Waals surface area contributed by atoms with Crippen molar-refractivity contribution in [3.05, 3.63) is 58.6 Å². The van der Waals surface area contributed by atoms with E-state index in [1.807, 2.05) is 37.3 Å². The number of amides is 2. The lowest BCUT2D eigenvalue weighted by Crippen LogP contribution is -2.52. The van der Waals surface area contributed by atoms with Crippen LogP contribution < -0.4 is 11.5 Å². The maximum atomic E-state index is 13.1. The number of carbonyl (C=O) groups is 2. The van der Waals surface area contributed by atoms with Crippen LogP contribution in [0.1, 0.15) is 40.2 Å². The van der Waals surface area contributed by atoms with E-state index in [4.69, 9.17) is 16.2 Å². The molecule has 0 saturated carbocycles. The summed E-state index contributed by atoms with van der Waals surface area (Å²) in [5.41, 5.74) is 11.6. The number of esters is 1. The van der Waals surface area contributed by atoms with E-state index < -0.39 is 29.1 Å². The molecule has 2 unspecified atom stereocenters. The van der Waals surface area contributed by atoms with Crippen LogP contribution in [0.3, 0.4) is 0 Å². The summed E-state index contributed by atoms with van der Waals surface area (Å²) in [7, 11) is 0. The van der Waals surface area contributed by atoms with Crippen LogP contribution in [-0.2, 0) is 15.1 Å². The van der Waals surface area contributed by atoms with E-state index in [1.54, 1.807) is 32.7 Å². The Morgan fingerprint density at radius 3 is 2.31 bits per heavy atom. The van der Waals surface area contributed by atoms with Crippen molar-refractivity contribution >= 4 is 12.0 Å². The summed E-state index contributed by atoms with van der Waals surface area (Å²) < 4.78 is 5.61. The molecule has 2 aliphatic rings. The summed E-state index contributed by atoms with van der Waals surface area (Å²) in [5, 5.41) is 12.6. The van der Waals surface area contributed by atoms with Gasteiger partial charge in [0.2, 0.25) is 0 Å². The van der Waals surface area contributed by atoms with Crippen molar-refractivity contribution in [3.63, 3.8) is 0 Å². The lowest BCUT2D eigenvalue weighted by Gasteiger charge is -2.41. The second kappa shape index (κ2) is 6.55. The molecule has 3 rings (SSSR count). The van der Waals surface area contributed by atoms with Crippen molar-refractivity contribution in [2.45, 2.75) is 45.8 Å². The molecular formula is C21H25N5O3. The molecule has 0 spiro atoms. The van der Waals surface area contributed by atoms with Crippen molar-refractivity contribution < 1.29 is 14.3 Å². The van der Waals surface area contributed by atoms with Gasteiger partial charge in [0.25, 0.3) is 0 Å². The van der Waals surface area contributed by atoms with Gasteiger partial charge in [0.1, 0.15) is 28.6 Å². The minimum Gasteiger partial charge on any atom is -0.457 e. The molecule has 0 radical (unpaired) electrons. The van der Waals surface area contributed by atoms with Crippen molar-refractivity contribution in [2.75, 3.05) is 0 Å². The Morgan fingerprint density at radius 1 is 1.24 bits per heavy atom. The molecule has 2 aliphatic heterocycles. The predicted molar refractivity (Wildman–Crippen MR) is 106 cm³/mol. The maximum Gasteiger partial charge on any atom is 0.339 e. The van der Waals surface area contributed by atoms with Crippen LogP contribution in [0.2, 0.25) is 0 Å². The van der Waals surface area contributed by atoms with Crippen LogP contribution in [0.4, 0.5) is 4.79 Å². The maximum absolute atomic E-state index is 13.1. The molecule has 4 N–H and O–H groups in total. The van der Waals surface area contributed by atoms with Crippen molar-refractivity contribution in [2.24, 2.45) is 17.4 Å². The van der Waals surface area contributed by atoms with Crippen molar-refractivity contribution in [3.8, 4) is 6.07 Å². The van der Waals surface area contributed by atoms with Gasteiger partial charge in [-0.25, -0.2) is 9.59 Å². The number of hydrogen-bond donors (Lipinski definition) is 2. The minimum atomic E-state index is -1.18. The Kier molecular flexibility index (Phi) is 4.58. The number of allylic oxidation sites excluding steroid dienone is 1. The first-order valence-electron chi connectivity index (χ1n) is 9.28. The molecule has 0 aliphatic carbocycles. The summed E-state index contributed by atoms with van der Waals surface area (Å²) in [6.45, 7) is 8.86. The molecule has 0 saturated heterocycles. The molecule has 1 aromatic rings. The molecule has 0 fully saturated rings. The first-order chi connectivity index (χ1) is 13.5. The Morgan fingerprint density at radius 2 is 1.83 bits per heavy atom. The van der Waals surface area contributed by atoms with Gasteiger partial charge in [0, 0.05) is 11.6 Å². The highest BCUT2D eigenvalue weighted by atomic mass is 16.6. The molecule has 29 heavy (non-hydrogen) atoms. The molecular weight excluding hydrogens is 370 g/mol. The Hall–Kier alpha value is -3.47. The van der Waals surface area contributed by atoms with Gasteiger partial charge in [-0.2, -0.15) is 10.3 Å². The third-order valence-corrected chi connectivity index (χ3v) is 5.32. The molecule has 0 bridgehead atoms. The number of nitrogens with two attached hydrogens (primary N) is 2. The highest BCUT2D eigenvalue weighted by molar-refractivity contribution is 5.92. The van der Waals surface area contributed by atoms with E-state index in [0.29, 0.717) is 16.8 Å². The van der Waals surface area contributed by atoms with Crippen LogP contribution in [0.25, 0.3) is 0 Å². The molecule has 8 nitrogen and oxygen atoms in total. The van der Waals surface area contributed by atoms with E-state index in [1.165, 1.54) is 0 Å². The van der Waals surface area contributed by atoms with Crippen molar-refractivity contribution in [1.29, 1.82) is 5.26 Å². The summed E-state index contributed by atoms with van der Waals surface area (Å²) in [6.07, 6.45) is 0. The average molecular weight is 395 g/mol. The smallest absolute Gasteiger partial charge is 0.339 e. The van der Waals surface area contributed by atoms with E-state index in [9.17, 15) is 14.9 Å². The summed E-state index contributed by atoms with van der Waals surface area (Å²) >= 11 is 0. The Labute approximate surface area is 170 Å². The van der Waals surface area contributed by atoms with Crippen LogP contribution in [0, 0.1) is 17.2 Å². The number of primary amides is 1. The Balaban J connectivity index is 2.30. The van der Waals surface area contributed by atoms with Gasteiger partial charge < -0.3 is 16.2 Å². The quantitative estimate of drug-likeness (QED) is 0.741. The fourth-order valence-corrected chi connectivity index (χ4v) is 4.35. The zero-order valence-electron chi connectivity index (χ0n) is 17.2. The molecule has 2 amide bonds. The number of nitriles is 1. The number of hydrazine groups is 1. The molecule has 1 aromatic carbocycles. The first-order valence-corrected chi connectivity index (χ1v) is 9.28. The second-order valence-corrected chi connectivity index (χ2v) is 8.19. The first kappa shape index (κ1) is 20.3. The molecule has 152 valence electrons. The van der Waals surface area contributed by atoms with Crippen LogP contribution in [-0.4, -0.2) is 27.6 Å². The zero-order valence-corrected chi connectivity index (χ0v) is 17.2. The number of nitrogens with zero attached hydrogens (tertiary/aromatic N) is 3. The Bertz CT molecular complexity index is 984. The second-order valence-electron chi connectivity index (χ2n) is 8.19. The number of urea groups is 1. The lowest BCUT2D eigenvalue weighted by atomic mass is 9.73. The van der Waals surface area contributed by atoms with Crippen LogP contribution >= 0.6 is 0 Å². The van der Waals surface area contributed by atoms with Crippen LogP contribution in [0.15, 0.2) is 53.0 Å². The van der Waals surface area contributed by atoms with E-state index in [-0.39, 0.29) is 11.4 Å². The summed E-state index contributed by atoms with van der Waals surface area (Å²) in [6, 6.07) is 10.5.